The number of thiocarbonyl (C=S) groups is 1. The summed E-state index contributed by atoms with van der Waals surface area (Å²) in [4.78, 5) is 58.7. The minimum absolute atomic E-state index is 0.0105. The number of piperidine rings is 1. The SMILES string of the molecule is CCOCCOCCOCCOCCOCCOCCOCCNC(=S)O[C@@H]1CC[C@@H](C[C@@H](C)[C@@H]2C[C@@H](O)[C@H](C)/C=C(\C)[C@@H](O)[C@@H](OC)C(=O)[C@H](C)C[C@H](C)/C=C/C=C/C=C(\C)[C@@H](OC)C[C@@H]3CC[C@@H](C)[C@@](O)(O3)C(=O)C(=O)N3CCCC[C@H]3C(=O)O2)C[C@H]1OC. The Hall–Kier alpha value is -3.63. The summed E-state index contributed by atoms with van der Waals surface area (Å²) >= 11 is 5.58. The molecule has 4 aliphatic rings. The number of hydrogen-bond acceptors (Lipinski definition) is 21. The van der Waals surface area contributed by atoms with Gasteiger partial charge in [0, 0.05) is 71.6 Å². The number of aliphatic hydroxyl groups excluding tert-OH is 2. The molecule has 16 atom stereocenters. The maximum Gasteiger partial charge on any atom is 0.329 e. The lowest BCUT2D eigenvalue weighted by atomic mass is 9.78. The smallest absolute Gasteiger partial charge is 0.329 e. The monoisotopic (exact) mass is 1310 g/mol. The standard InChI is InChI=1S/C68H114N2O20S/c1-12-81-28-29-83-32-33-85-36-37-87-39-38-86-35-34-84-31-30-82-27-25-69-67(91)89-57-24-22-53(43-60(57)79-10)42-49(5)59-45-56(71)48(4)41-51(7)62(73)63(80-11)61(72)50(6)40-46(2)18-14-13-15-19-47(3)58(78-9)44-54-23-21-52(8)68(77,90-54)64(74)65(75)70-26-17-16-20-55(70)66(76)88-59/h13-15,18-19,41,46,48-50,52-60,62-63,71,73,77H,12,16-17,20-40,42-45H2,1-11H3,(H,69,91)/b15-13+,18-14+,47-19+,51-41+/t46-,48-,49-,50-,52-,53+,54+,55+,56-,57-,58+,59+,60-,62-,63+,68-/m1/s1. The molecule has 0 unspecified atom stereocenters. The molecule has 3 heterocycles. The molecule has 1 amide bonds. The van der Waals surface area contributed by atoms with Crippen molar-refractivity contribution in [1.29, 1.82) is 0 Å². The van der Waals surface area contributed by atoms with Crippen molar-refractivity contribution in [3.63, 3.8) is 0 Å². The molecular formula is C68H114N2O20S. The molecule has 1 saturated carbocycles. The van der Waals surface area contributed by atoms with Gasteiger partial charge in [-0.05, 0) is 126 Å². The number of aliphatic hydroxyl groups is 3. The van der Waals surface area contributed by atoms with Crippen molar-refractivity contribution in [2.45, 2.75) is 193 Å². The molecule has 4 N–H and O–H groups in total. The fourth-order valence-corrected chi connectivity index (χ4v) is 12.5. The highest BCUT2D eigenvalue weighted by molar-refractivity contribution is 7.80. The average molecular weight is 1310 g/mol. The van der Waals surface area contributed by atoms with E-state index < -0.39 is 83.9 Å². The number of cyclic esters (lactones) is 1. The summed E-state index contributed by atoms with van der Waals surface area (Å²) in [6, 6.07) is -1.15. The zero-order valence-corrected chi connectivity index (χ0v) is 57.4. The van der Waals surface area contributed by atoms with Gasteiger partial charge in [0.2, 0.25) is 5.79 Å². The van der Waals surface area contributed by atoms with Crippen LogP contribution in [-0.2, 0) is 80.8 Å². The van der Waals surface area contributed by atoms with Gasteiger partial charge < -0.3 is 87.1 Å². The number of nitrogens with zero attached hydrogens (tertiary/aromatic N) is 1. The molecule has 0 aromatic rings. The first-order valence-electron chi connectivity index (χ1n) is 33.3. The third-order valence-corrected chi connectivity index (χ3v) is 18.1. The highest BCUT2D eigenvalue weighted by Crippen LogP contribution is 2.38. The Morgan fingerprint density at radius 3 is 1.92 bits per heavy atom. The van der Waals surface area contributed by atoms with Crippen molar-refractivity contribution in [3.05, 3.63) is 47.6 Å². The Morgan fingerprint density at radius 1 is 0.714 bits per heavy atom. The van der Waals surface area contributed by atoms with Crippen molar-refractivity contribution in [3.8, 4) is 0 Å². The number of esters is 1. The maximum absolute atomic E-state index is 14.7. The second kappa shape index (κ2) is 44.2. The molecule has 3 aliphatic heterocycles. The number of methoxy groups -OCH3 is 3. The molecule has 4 rings (SSSR count). The summed E-state index contributed by atoms with van der Waals surface area (Å²) in [6.07, 6.45) is 10.8. The third-order valence-electron chi connectivity index (χ3n) is 17.8. The van der Waals surface area contributed by atoms with Crippen LogP contribution in [0.3, 0.4) is 0 Å². The van der Waals surface area contributed by atoms with Gasteiger partial charge in [0.15, 0.2) is 5.78 Å². The van der Waals surface area contributed by atoms with Crippen molar-refractivity contribution in [2.75, 3.05) is 127 Å². The van der Waals surface area contributed by atoms with E-state index in [1.807, 2.05) is 65.0 Å². The minimum atomic E-state index is -2.45. The number of hydrogen-bond donors (Lipinski definition) is 4. The number of nitrogens with one attached hydrogen (secondary N) is 1. The predicted molar refractivity (Wildman–Crippen MR) is 347 cm³/mol. The lowest BCUT2D eigenvalue weighted by Crippen LogP contribution is -2.61. The zero-order chi connectivity index (χ0) is 66.7. The Bertz CT molecular complexity index is 2250. The second-order valence-corrected chi connectivity index (χ2v) is 25.3. The van der Waals surface area contributed by atoms with Crippen molar-refractivity contribution < 1.29 is 96.1 Å². The lowest BCUT2D eigenvalue weighted by Gasteiger charge is -2.43. The number of allylic oxidation sites excluding steroid dienone is 5. The van der Waals surface area contributed by atoms with Gasteiger partial charge >= 0.3 is 5.97 Å². The van der Waals surface area contributed by atoms with Crippen molar-refractivity contribution >= 4 is 40.8 Å². The fourth-order valence-electron chi connectivity index (χ4n) is 12.2. The summed E-state index contributed by atoms with van der Waals surface area (Å²) in [5, 5.41) is 39.1. The molecule has 22 nitrogen and oxygen atoms in total. The van der Waals surface area contributed by atoms with Crippen LogP contribution in [0.4, 0.5) is 0 Å². The van der Waals surface area contributed by atoms with Gasteiger partial charge in [-0.2, -0.15) is 0 Å². The summed E-state index contributed by atoms with van der Waals surface area (Å²) < 4.78 is 75.0. The van der Waals surface area contributed by atoms with E-state index in [2.05, 4.69) is 5.32 Å². The van der Waals surface area contributed by atoms with Crippen LogP contribution < -0.4 is 5.32 Å². The van der Waals surface area contributed by atoms with Gasteiger partial charge in [-0.3, -0.25) is 14.4 Å². The molecule has 2 saturated heterocycles. The van der Waals surface area contributed by atoms with E-state index in [0.29, 0.717) is 162 Å². The number of ether oxygens (including phenoxy) is 13. The molecule has 23 heteroatoms. The summed E-state index contributed by atoms with van der Waals surface area (Å²) in [5.41, 5.74) is 1.31. The topological polar surface area (TPSA) is 264 Å². The van der Waals surface area contributed by atoms with E-state index in [4.69, 9.17) is 73.8 Å². The quantitative estimate of drug-likeness (QED) is 0.0193. The zero-order valence-electron chi connectivity index (χ0n) is 56.6. The van der Waals surface area contributed by atoms with Gasteiger partial charge in [0.1, 0.15) is 30.5 Å². The summed E-state index contributed by atoms with van der Waals surface area (Å²) in [7, 11) is 4.61. The fraction of sp³-hybridized carbons (Fsp3) is 0.809. The molecule has 91 heavy (non-hydrogen) atoms. The van der Waals surface area contributed by atoms with E-state index in [1.54, 1.807) is 41.1 Å². The number of rotatable bonds is 29. The van der Waals surface area contributed by atoms with Crippen molar-refractivity contribution in [1.82, 2.24) is 10.2 Å². The van der Waals surface area contributed by atoms with Gasteiger partial charge in [-0.15, -0.1) is 0 Å². The van der Waals surface area contributed by atoms with Gasteiger partial charge in [0.25, 0.3) is 16.9 Å². The molecule has 0 aromatic heterocycles. The van der Waals surface area contributed by atoms with Gasteiger partial charge in [0.05, 0.1) is 110 Å². The molecule has 522 valence electrons. The molecule has 0 radical (unpaired) electrons. The first-order valence-corrected chi connectivity index (χ1v) is 33.7. The largest absolute Gasteiger partial charge is 0.465 e. The normalized spacial score (nSPS) is 33.0. The van der Waals surface area contributed by atoms with E-state index in [9.17, 15) is 34.5 Å². The van der Waals surface area contributed by atoms with Crippen molar-refractivity contribution in [2.24, 2.45) is 35.5 Å². The molecule has 0 aromatic carbocycles. The number of carbonyl (C=O) groups is 4. The molecular weight excluding hydrogens is 1200 g/mol. The van der Waals surface area contributed by atoms with Crippen LogP contribution in [0.15, 0.2) is 47.6 Å². The number of carbonyl (C=O) groups excluding carboxylic acids is 4. The van der Waals surface area contributed by atoms with Crippen LogP contribution in [0.5, 0.6) is 0 Å². The first kappa shape index (κ1) is 79.8. The Kier molecular flexibility index (Phi) is 38.7. The molecule has 1 aliphatic carbocycles. The van der Waals surface area contributed by atoms with E-state index >= 15 is 0 Å². The maximum atomic E-state index is 14.7. The van der Waals surface area contributed by atoms with E-state index in [1.165, 1.54) is 12.0 Å². The Balaban J connectivity index is 1.38. The molecule has 2 bridgehead atoms. The molecule has 0 spiro atoms. The average Bonchev–Trinajstić information content (AvgIpc) is 1.05. The number of Topliss-reactive ketones (excluding diaryl/α,β-unsaturated/α-hetero) is 2. The first-order chi connectivity index (χ1) is 43.7. The minimum Gasteiger partial charge on any atom is -0.465 e. The Labute approximate surface area is 548 Å². The summed E-state index contributed by atoms with van der Waals surface area (Å²) in [6.45, 7) is 22.1. The van der Waals surface area contributed by atoms with Crippen LogP contribution in [0.2, 0.25) is 0 Å². The van der Waals surface area contributed by atoms with Crippen LogP contribution in [0, 0.1) is 35.5 Å². The predicted octanol–water partition coefficient (Wildman–Crippen LogP) is 7.01. The summed E-state index contributed by atoms with van der Waals surface area (Å²) in [5.74, 6) is -7.56. The Morgan fingerprint density at radius 2 is 1.33 bits per heavy atom. The van der Waals surface area contributed by atoms with Crippen LogP contribution >= 0.6 is 12.2 Å². The van der Waals surface area contributed by atoms with Gasteiger partial charge in [-0.25, -0.2) is 4.79 Å². The number of amides is 1. The highest BCUT2D eigenvalue weighted by Gasteiger charge is 2.53. The van der Waals surface area contributed by atoms with Crippen LogP contribution in [0.1, 0.15) is 132 Å². The van der Waals surface area contributed by atoms with Crippen LogP contribution in [-0.4, -0.2) is 236 Å². The van der Waals surface area contributed by atoms with Crippen LogP contribution in [0.25, 0.3) is 0 Å². The van der Waals surface area contributed by atoms with E-state index in [-0.39, 0.29) is 60.3 Å². The second-order valence-electron chi connectivity index (χ2n) is 25.0. The number of fused-ring (bicyclic) bond motifs is 3. The lowest BCUT2D eigenvalue weighted by molar-refractivity contribution is -0.265. The number of ketones is 2. The third kappa shape index (κ3) is 27.9. The van der Waals surface area contributed by atoms with E-state index in [0.717, 1.165) is 12.0 Å². The highest BCUT2D eigenvalue weighted by atomic mass is 32.1. The molecule has 3 fully saturated rings. The van der Waals surface area contributed by atoms with Gasteiger partial charge in [-0.1, -0.05) is 71.1 Å².